The molecule has 1 heterocycles. The molecule has 0 radical (unpaired) electrons. The second kappa shape index (κ2) is 6.49. The van der Waals surface area contributed by atoms with Gasteiger partial charge < -0.3 is 5.32 Å². The number of hydrogen-bond donors (Lipinski definition) is 1. The Hall–Kier alpha value is -0.0800. The van der Waals surface area contributed by atoms with Crippen LogP contribution in [0.4, 0.5) is 0 Å². The van der Waals surface area contributed by atoms with Crippen LogP contribution in [0.3, 0.4) is 0 Å². The third kappa shape index (κ3) is 4.98. The Morgan fingerprint density at radius 1 is 1.13 bits per heavy atom. The summed E-state index contributed by atoms with van der Waals surface area (Å²) in [6.45, 7) is 14.2. The SMILES string of the molecule is CC(C)CN(CC(C)C)C1CCCNC1. The summed E-state index contributed by atoms with van der Waals surface area (Å²) in [7, 11) is 0. The standard InChI is InChI=1S/C13H28N2/c1-11(2)9-15(10-12(3)4)13-6-5-7-14-8-13/h11-14H,5-10H2,1-4H3. The lowest BCUT2D eigenvalue weighted by atomic mass is 10.0. The maximum absolute atomic E-state index is 3.52. The predicted octanol–water partition coefficient (Wildman–Crippen LogP) is 2.35. The van der Waals surface area contributed by atoms with Crippen LogP contribution in [0.15, 0.2) is 0 Å². The molecule has 1 aliphatic rings. The minimum atomic E-state index is 0.781. The first-order valence-corrected chi connectivity index (χ1v) is 6.54. The van der Waals surface area contributed by atoms with Crippen molar-refractivity contribution in [2.24, 2.45) is 11.8 Å². The van der Waals surface area contributed by atoms with E-state index >= 15 is 0 Å². The van der Waals surface area contributed by atoms with Crippen LogP contribution in [0.25, 0.3) is 0 Å². The van der Waals surface area contributed by atoms with Crippen molar-refractivity contribution < 1.29 is 0 Å². The van der Waals surface area contributed by atoms with Gasteiger partial charge in [0.25, 0.3) is 0 Å². The summed E-state index contributed by atoms with van der Waals surface area (Å²) in [5.41, 5.74) is 0. The van der Waals surface area contributed by atoms with Crippen LogP contribution in [0.2, 0.25) is 0 Å². The molecule has 1 aliphatic heterocycles. The summed E-state index contributed by atoms with van der Waals surface area (Å²) >= 11 is 0. The molecule has 1 atom stereocenters. The highest BCUT2D eigenvalue weighted by Gasteiger charge is 2.21. The van der Waals surface area contributed by atoms with E-state index in [4.69, 9.17) is 0 Å². The highest BCUT2D eigenvalue weighted by Crippen LogP contribution is 2.14. The fourth-order valence-electron chi connectivity index (χ4n) is 2.46. The highest BCUT2D eigenvalue weighted by atomic mass is 15.2. The van der Waals surface area contributed by atoms with Crippen molar-refractivity contribution in [3.05, 3.63) is 0 Å². The van der Waals surface area contributed by atoms with Crippen molar-refractivity contribution in [1.29, 1.82) is 0 Å². The number of hydrogen-bond acceptors (Lipinski definition) is 2. The normalized spacial score (nSPS) is 23.0. The van der Waals surface area contributed by atoms with Crippen molar-refractivity contribution in [3.8, 4) is 0 Å². The number of rotatable bonds is 5. The van der Waals surface area contributed by atoms with Gasteiger partial charge >= 0.3 is 0 Å². The zero-order valence-electron chi connectivity index (χ0n) is 10.9. The molecule has 1 saturated heterocycles. The monoisotopic (exact) mass is 212 g/mol. The lowest BCUT2D eigenvalue weighted by Gasteiger charge is -2.36. The van der Waals surface area contributed by atoms with Gasteiger partial charge in [0.2, 0.25) is 0 Å². The Morgan fingerprint density at radius 2 is 1.73 bits per heavy atom. The zero-order chi connectivity index (χ0) is 11.3. The summed E-state index contributed by atoms with van der Waals surface area (Å²) in [6.07, 6.45) is 2.73. The molecule has 0 aromatic rings. The summed E-state index contributed by atoms with van der Waals surface area (Å²) in [5, 5.41) is 3.52. The third-order valence-corrected chi connectivity index (χ3v) is 2.99. The van der Waals surface area contributed by atoms with E-state index in [1.54, 1.807) is 0 Å². The first-order valence-electron chi connectivity index (χ1n) is 6.54. The third-order valence-electron chi connectivity index (χ3n) is 2.99. The van der Waals surface area contributed by atoms with Crippen LogP contribution < -0.4 is 5.32 Å². The summed E-state index contributed by atoms with van der Waals surface area (Å²) in [4.78, 5) is 2.70. The van der Waals surface area contributed by atoms with E-state index in [0.717, 1.165) is 17.9 Å². The van der Waals surface area contributed by atoms with Crippen LogP contribution in [-0.2, 0) is 0 Å². The molecule has 0 aliphatic carbocycles. The lowest BCUT2D eigenvalue weighted by Crippen LogP contribution is -2.48. The van der Waals surface area contributed by atoms with Crippen LogP contribution in [-0.4, -0.2) is 37.1 Å². The van der Waals surface area contributed by atoms with Gasteiger partial charge in [0, 0.05) is 25.7 Å². The number of nitrogens with zero attached hydrogens (tertiary/aromatic N) is 1. The highest BCUT2D eigenvalue weighted by molar-refractivity contribution is 4.79. The fraction of sp³-hybridized carbons (Fsp3) is 1.00. The second-order valence-electron chi connectivity index (χ2n) is 5.74. The molecule has 0 bridgehead atoms. The minimum absolute atomic E-state index is 0.781. The Bertz CT molecular complexity index is 150. The smallest absolute Gasteiger partial charge is 0.0221 e. The Kier molecular flexibility index (Phi) is 5.62. The average Bonchev–Trinajstić information content (AvgIpc) is 2.17. The van der Waals surface area contributed by atoms with Crippen molar-refractivity contribution in [3.63, 3.8) is 0 Å². The largest absolute Gasteiger partial charge is 0.315 e. The molecule has 1 unspecified atom stereocenters. The van der Waals surface area contributed by atoms with Gasteiger partial charge in [-0.05, 0) is 31.2 Å². The molecule has 2 heteroatoms. The Labute approximate surface area is 95.4 Å². The van der Waals surface area contributed by atoms with Gasteiger partial charge in [-0.1, -0.05) is 27.7 Å². The minimum Gasteiger partial charge on any atom is -0.315 e. The second-order valence-corrected chi connectivity index (χ2v) is 5.74. The van der Waals surface area contributed by atoms with Gasteiger partial charge in [0.15, 0.2) is 0 Å². The molecule has 0 saturated carbocycles. The molecule has 0 aromatic heterocycles. The van der Waals surface area contributed by atoms with E-state index in [2.05, 4.69) is 37.9 Å². The Balaban J connectivity index is 2.45. The lowest BCUT2D eigenvalue weighted by molar-refractivity contribution is 0.133. The number of piperidine rings is 1. The van der Waals surface area contributed by atoms with E-state index in [9.17, 15) is 0 Å². The Morgan fingerprint density at radius 3 is 2.13 bits per heavy atom. The van der Waals surface area contributed by atoms with Gasteiger partial charge in [0.1, 0.15) is 0 Å². The van der Waals surface area contributed by atoms with Crippen LogP contribution in [0.1, 0.15) is 40.5 Å². The van der Waals surface area contributed by atoms with Gasteiger partial charge in [-0.3, -0.25) is 4.90 Å². The maximum Gasteiger partial charge on any atom is 0.0221 e. The summed E-state index contributed by atoms with van der Waals surface area (Å²) < 4.78 is 0. The van der Waals surface area contributed by atoms with Crippen LogP contribution in [0.5, 0.6) is 0 Å². The average molecular weight is 212 g/mol. The van der Waals surface area contributed by atoms with E-state index in [0.29, 0.717) is 0 Å². The van der Waals surface area contributed by atoms with Gasteiger partial charge in [-0.15, -0.1) is 0 Å². The molecule has 15 heavy (non-hydrogen) atoms. The van der Waals surface area contributed by atoms with E-state index in [1.807, 2.05) is 0 Å². The topological polar surface area (TPSA) is 15.3 Å². The predicted molar refractivity (Wildman–Crippen MR) is 67.1 cm³/mol. The summed E-state index contributed by atoms with van der Waals surface area (Å²) in [5.74, 6) is 1.57. The van der Waals surface area contributed by atoms with Crippen molar-refractivity contribution in [1.82, 2.24) is 10.2 Å². The van der Waals surface area contributed by atoms with E-state index in [-0.39, 0.29) is 0 Å². The number of nitrogens with one attached hydrogen (secondary N) is 1. The molecule has 0 spiro atoms. The maximum atomic E-state index is 3.52. The first-order chi connectivity index (χ1) is 7.09. The van der Waals surface area contributed by atoms with Gasteiger partial charge in [-0.2, -0.15) is 0 Å². The molecule has 0 aromatic carbocycles. The van der Waals surface area contributed by atoms with E-state index < -0.39 is 0 Å². The quantitative estimate of drug-likeness (QED) is 0.752. The molecule has 1 fully saturated rings. The molecule has 2 nitrogen and oxygen atoms in total. The van der Waals surface area contributed by atoms with Crippen LogP contribution in [0, 0.1) is 11.8 Å². The van der Waals surface area contributed by atoms with Crippen LogP contribution >= 0.6 is 0 Å². The van der Waals surface area contributed by atoms with Crippen molar-refractivity contribution in [2.45, 2.75) is 46.6 Å². The molecule has 1 N–H and O–H groups in total. The van der Waals surface area contributed by atoms with Crippen molar-refractivity contribution >= 4 is 0 Å². The molecule has 90 valence electrons. The molecular formula is C13H28N2. The first kappa shape index (κ1) is 13.0. The van der Waals surface area contributed by atoms with Crippen molar-refractivity contribution in [2.75, 3.05) is 26.2 Å². The van der Waals surface area contributed by atoms with Gasteiger partial charge in [0.05, 0.1) is 0 Å². The zero-order valence-corrected chi connectivity index (χ0v) is 10.9. The van der Waals surface area contributed by atoms with E-state index in [1.165, 1.54) is 39.0 Å². The molecular weight excluding hydrogens is 184 g/mol. The van der Waals surface area contributed by atoms with Gasteiger partial charge in [-0.25, -0.2) is 0 Å². The summed E-state index contributed by atoms with van der Waals surface area (Å²) in [6, 6.07) is 0.781. The molecule has 1 rings (SSSR count). The fourth-order valence-corrected chi connectivity index (χ4v) is 2.46. The molecule has 0 amide bonds.